The number of halogens is 1. The number of amides is 1. The predicted octanol–water partition coefficient (Wildman–Crippen LogP) is 4.31. The van der Waals surface area contributed by atoms with Crippen LogP contribution < -0.4 is 5.32 Å². The highest BCUT2D eigenvalue weighted by atomic mass is 35.5. The van der Waals surface area contributed by atoms with E-state index in [-0.39, 0.29) is 11.2 Å². The SMILES string of the molecule is O=C(Nc1nc(-c2ccc(Cl)s2)cs1)C1CSCCS1. The molecule has 8 heteroatoms. The van der Waals surface area contributed by atoms with Crippen LogP contribution in [0.25, 0.3) is 10.6 Å². The van der Waals surface area contributed by atoms with Crippen LogP contribution in [0.3, 0.4) is 0 Å². The Balaban J connectivity index is 1.66. The third-order valence-electron chi connectivity index (χ3n) is 2.67. The van der Waals surface area contributed by atoms with Gasteiger partial charge < -0.3 is 5.32 Å². The minimum absolute atomic E-state index is 0.0392. The number of nitrogens with zero attached hydrogens (tertiary/aromatic N) is 1. The second kappa shape index (κ2) is 6.70. The summed E-state index contributed by atoms with van der Waals surface area (Å²) in [6.07, 6.45) is 0. The molecule has 0 aromatic carbocycles. The topological polar surface area (TPSA) is 42.0 Å². The molecule has 3 heterocycles. The van der Waals surface area contributed by atoms with Crippen LogP contribution in [0.15, 0.2) is 17.5 Å². The molecule has 0 saturated carbocycles. The maximum Gasteiger partial charge on any atom is 0.240 e. The summed E-state index contributed by atoms with van der Waals surface area (Å²) in [5, 5.41) is 5.56. The average Bonchev–Trinajstić information content (AvgIpc) is 3.09. The van der Waals surface area contributed by atoms with Crippen LogP contribution in [0.4, 0.5) is 5.13 Å². The average molecular weight is 363 g/mol. The number of hydrogen-bond acceptors (Lipinski definition) is 6. The standard InChI is InChI=1S/C12H11ClN2OS4/c13-10-2-1-8(20-10)7-5-19-12(14-7)15-11(16)9-6-17-3-4-18-9/h1-2,5,9H,3-4,6H2,(H,14,15,16). The normalized spacial score (nSPS) is 18.9. The highest BCUT2D eigenvalue weighted by molar-refractivity contribution is 8.07. The van der Waals surface area contributed by atoms with Gasteiger partial charge in [-0.3, -0.25) is 4.79 Å². The lowest BCUT2D eigenvalue weighted by Crippen LogP contribution is -2.30. The molecule has 1 aliphatic heterocycles. The van der Waals surface area contributed by atoms with Gasteiger partial charge in [0.05, 0.1) is 20.2 Å². The highest BCUT2D eigenvalue weighted by Gasteiger charge is 2.23. The van der Waals surface area contributed by atoms with Gasteiger partial charge in [-0.25, -0.2) is 4.98 Å². The molecule has 0 bridgehead atoms. The zero-order valence-corrected chi connectivity index (χ0v) is 14.3. The lowest BCUT2D eigenvalue weighted by Gasteiger charge is -2.19. The van der Waals surface area contributed by atoms with Gasteiger partial charge >= 0.3 is 0 Å². The summed E-state index contributed by atoms with van der Waals surface area (Å²) in [5.74, 6) is 3.12. The molecular formula is C12H11ClN2OS4. The van der Waals surface area contributed by atoms with E-state index in [9.17, 15) is 4.79 Å². The summed E-state index contributed by atoms with van der Waals surface area (Å²) >= 11 is 12.4. The summed E-state index contributed by atoms with van der Waals surface area (Å²) in [7, 11) is 0. The fourth-order valence-corrected chi connectivity index (χ4v) is 6.07. The Hall–Kier alpha value is -0.210. The summed E-state index contributed by atoms with van der Waals surface area (Å²) < 4.78 is 0.745. The Labute approximate surface area is 138 Å². The summed E-state index contributed by atoms with van der Waals surface area (Å²) in [6.45, 7) is 0. The molecule has 3 nitrogen and oxygen atoms in total. The van der Waals surface area contributed by atoms with Gasteiger partial charge in [0, 0.05) is 22.6 Å². The van der Waals surface area contributed by atoms with Crippen LogP contribution in [0.1, 0.15) is 0 Å². The molecule has 106 valence electrons. The van der Waals surface area contributed by atoms with E-state index in [0.717, 1.165) is 32.2 Å². The Morgan fingerprint density at radius 1 is 1.40 bits per heavy atom. The van der Waals surface area contributed by atoms with E-state index < -0.39 is 0 Å². The molecular weight excluding hydrogens is 352 g/mol. The first-order chi connectivity index (χ1) is 9.72. The van der Waals surface area contributed by atoms with Gasteiger partial charge in [0.15, 0.2) is 5.13 Å². The number of carbonyl (C=O) groups is 1. The summed E-state index contributed by atoms with van der Waals surface area (Å²) in [4.78, 5) is 17.6. The van der Waals surface area contributed by atoms with E-state index in [0.29, 0.717) is 5.13 Å². The van der Waals surface area contributed by atoms with Gasteiger partial charge in [-0.15, -0.1) is 34.4 Å². The van der Waals surface area contributed by atoms with Crippen LogP contribution in [-0.4, -0.2) is 33.4 Å². The molecule has 20 heavy (non-hydrogen) atoms. The molecule has 0 radical (unpaired) electrons. The van der Waals surface area contributed by atoms with Crippen molar-refractivity contribution in [1.82, 2.24) is 4.98 Å². The fourth-order valence-electron chi connectivity index (χ4n) is 1.72. The van der Waals surface area contributed by atoms with Crippen molar-refractivity contribution < 1.29 is 4.79 Å². The molecule has 3 rings (SSSR count). The molecule has 1 aliphatic rings. The number of nitrogens with one attached hydrogen (secondary N) is 1. The third kappa shape index (κ3) is 3.51. The fraction of sp³-hybridized carbons (Fsp3) is 0.333. The molecule has 2 aromatic heterocycles. The quantitative estimate of drug-likeness (QED) is 0.883. The van der Waals surface area contributed by atoms with Gasteiger partial charge in [-0.2, -0.15) is 11.8 Å². The zero-order valence-electron chi connectivity index (χ0n) is 10.3. The van der Waals surface area contributed by atoms with Crippen molar-refractivity contribution in [2.45, 2.75) is 5.25 Å². The van der Waals surface area contributed by atoms with Crippen molar-refractivity contribution in [1.29, 1.82) is 0 Å². The highest BCUT2D eigenvalue weighted by Crippen LogP contribution is 2.33. The number of thiophene rings is 1. The van der Waals surface area contributed by atoms with E-state index in [1.54, 1.807) is 11.8 Å². The van der Waals surface area contributed by atoms with Gasteiger partial charge in [0.2, 0.25) is 5.91 Å². The summed E-state index contributed by atoms with van der Waals surface area (Å²) in [5.41, 5.74) is 0.868. The van der Waals surface area contributed by atoms with Crippen molar-refractivity contribution in [2.75, 3.05) is 22.6 Å². The maximum absolute atomic E-state index is 12.1. The number of thioether (sulfide) groups is 2. The van der Waals surface area contributed by atoms with Crippen molar-refractivity contribution in [3.8, 4) is 10.6 Å². The molecule has 0 spiro atoms. The van der Waals surface area contributed by atoms with Crippen LogP contribution in [-0.2, 0) is 4.79 Å². The largest absolute Gasteiger partial charge is 0.301 e. The number of anilines is 1. The minimum atomic E-state index is 0.0392. The van der Waals surface area contributed by atoms with Crippen LogP contribution >= 0.6 is 57.8 Å². The predicted molar refractivity (Wildman–Crippen MR) is 92.6 cm³/mol. The Bertz CT molecular complexity index is 606. The molecule has 2 aromatic rings. The second-order valence-corrected chi connectivity index (χ2v) is 9.10. The molecule has 1 atom stereocenters. The zero-order chi connectivity index (χ0) is 13.9. The summed E-state index contributed by atoms with van der Waals surface area (Å²) in [6, 6.07) is 3.80. The molecule has 1 unspecified atom stereocenters. The van der Waals surface area contributed by atoms with Crippen LogP contribution in [0.5, 0.6) is 0 Å². The van der Waals surface area contributed by atoms with Gasteiger partial charge in [-0.1, -0.05) is 11.6 Å². The number of carbonyl (C=O) groups excluding carboxylic acids is 1. The number of thiazole rings is 1. The minimum Gasteiger partial charge on any atom is -0.301 e. The lowest BCUT2D eigenvalue weighted by molar-refractivity contribution is -0.115. The number of hydrogen-bond donors (Lipinski definition) is 1. The molecule has 1 N–H and O–H groups in total. The van der Waals surface area contributed by atoms with E-state index >= 15 is 0 Å². The Morgan fingerprint density at radius 3 is 3.00 bits per heavy atom. The van der Waals surface area contributed by atoms with Crippen molar-refractivity contribution in [3.05, 3.63) is 21.8 Å². The molecule has 1 fully saturated rings. The van der Waals surface area contributed by atoms with E-state index in [1.807, 2.05) is 29.3 Å². The number of aromatic nitrogens is 1. The van der Waals surface area contributed by atoms with Crippen LogP contribution in [0.2, 0.25) is 4.34 Å². The molecule has 1 saturated heterocycles. The lowest BCUT2D eigenvalue weighted by atomic mass is 10.4. The first-order valence-electron chi connectivity index (χ1n) is 5.94. The maximum atomic E-state index is 12.1. The van der Waals surface area contributed by atoms with E-state index in [1.165, 1.54) is 22.7 Å². The van der Waals surface area contributed by atoms with Crippen molar-refractivity contribution >= 4 is 68.8 Å². The van der Waals surface area contributed by atoms with Crippen molar-refractivity contribution in [2.24, 2.45) is 0 Å². The Morgan fingerprint density at radius 2 is 2.30 bits per heavy atom. The van der Waals surface area contributed by atoms with E-state index in [4.69, 9.17) is 11.6 Å². The third-order valence-corrected chi connectivity index (χ3v) is 7.43. The van der Waals surface area contributed by atoms with Gasteiger partial charge in [-0.05, 0) is 12.1 Å². The second-order valence-electron chi connectivity index (χ2n) is 4.07. The van der Waals surface area contributed by atoms with Gasteiger partial charge in [0.1, 0.15) is 0 Å². The van der Waals surface area contributed by atoms with E-state index in [2.05, 4.69) is 10.3 Å². The number of rotatable bonds is 3. The first-order valence-corrected chi connectivity index (χ1v) is 10.2. The monoisotopic (exact) mass is 362 g/mol. The molecule has 1 amide bonds. The smallest absolute Gasteiger partial charge is 0.240 e. The van der Waals surface area contributed by atoms with Crippen LogP contribution in [0, 0.1) is 0 Å². The molecule has 0 aliphatic carbocycles. The van der Waals surface area contributed by atoms with Gasteiger partial charge in [0.25, 0.3) is 0 Å². The first kappa shape index (κ1) is 14.7. The van der Waals surface area contributed by atoms with Crippen molar-refractivity contribution in [3.63, 3.8) is 0 Å². The Kier molecular flexibility index (Phi) is 4.93.